The monoisotopic (exact) mass is 362 g/mol. The van der Waals surface area contributed by atoms with Gasteiger partial charge in [0.2, 0.25) is 0 Å². The van der Waals surface area contributed by atoms with Gasteiger partial charge >= 0.3 is 0 Å². The topological polar surface area (TPSA) is 91.2 Å². The van der Waals surface area contributed by atoms with Crippen LogP contribution in [0.4, 0.5) is 0 Å². The van der Waals surface area contributed by atoms with Crippen LogP contribution in [0.5, 0.6) is 0 Å². The van der Waals surface area contributed by atoms with Crippen LogP contribution in [-0.4, -0.2) is 39.5 Å². The van der Waals surface area contributed by atoms with E-state index in [4.69, 9.17) is 10.8 Å². The third-order valence-corrected chi connectivity index (χ3v) is 4.73. The number of furan rings is 1. The molecular weight excluding hydrogens is 344 g/mol. The fourth-order valence-electron chi connectivity index (χ4n) is 3.25. The smallest absolute Gasteiger partial charge is 0.273 e. The van der Waals surface area contributed by atoms with Crippen molar-refractivity contribution in [2.45, 2.75) is 25.9 Å². The molecule has 0 aliphatic carbocycles. The minimum atomic E-state index is -0.395. The van der Waals surface area contributed by atoms with Crippen LogP contribution >= 0.6 is 0 Å². The van der Waals surface area contributed by atoms with Crippen molar-refractivity contribution in [2.75, 3.05) is 6.54 Å². The summed E-state index contributed by atoms with van der Waals surface area (Å²) in [6.07, 6.45) is 7.52. The first-order valence-electron chi connectivity index (χ1n) is 8.66. The number of aromatic nitrogens is 2. The average Bonchev–Trinajstić information content (AvgIpc) is 3.32. The van der Waals surface area contributed by atoms with Gasteiger partial charge in [-0.3, -0.25) is 14.7 Å². The van der Waals surface area contributed by atoms with Gasteiger partial charge in [0.1, 0.15) is 5.58 Å². The van der Waals surface area contributed by atoms with Crippen molar-refractivity contribution < 1.29 is 14.0 Å². The van der Waals surface area contributed by atoms with E-state index >= 15 is 0 Å². The highest BCUT2D eigenvalue weighted by Gasteiger charge is 2.28. The summed E-state index contributed by atoms with van der Waals surface area (Å²) in [7, 11) is 0. The fourth-order valence-corrected chi connectivity index (χ4v) is 3.25. The van der Waals surface area contributed by atoms with Gasteiger partial charge in [-0.2, -0.15) is 5.10 Å². The number of benzene rings is 1. The molecule has 7 nitrogen and oxygen atoms in total. The van der Waals surface area contributed by atoms with Crippen LogP contribution in [-0.2, 0) is 13.0 Å². The number of fused-ring (bicyclic) bond motifs is 2. The lowest BCUT2D eigenvalue weighted by atomic mass is 10.0. The Hall–Kier alpha value is -3.53. The van der Waals surface area contributed by atoms with Crippen molar-refractivity contribution in [3.63, 3.8) is 0 Å². The summed E-state index contributed by atoms with van der Waals surface area (Å²) in [5.41, 5.74) is 3.23. The summed E-state index contributed by atoms with van der Waals surface area (Å²) in [6, 6.07) is 6.78. The summed E-state index contributed by atoms with van der Waals surface area (Å²) in [6.45, 7) is 2.60. The maximum absolute atomic E-state index is 12.9. The van der Waals surface area contributed by atoms with Gasteiger partial charge in [0, 0.05) is 35.2 Å². The molecule has 136 valence electrons. The van der Waals surface area contributed by atoms with E-state index in [1.165, 1.54) is 0 Å². The third kappa shape index (κ3) is 3.06. The van der Waals surface area contributed by atoms with Crippen molar-refractivity contribution in [1.29, 1.82) is 0 Å². The molecule has 1 aliphatic rings. The van der Waals surface area contributed by atoms with Gasteiger partial charge in [0.05, 0.1) is 18.8 Å². The number of amides is 2. The van der Waals surface area contributed by atoms with Gasteiger partial charge in [0.25, 0.3) is 11.8 Å². The molecule has 1 aromatic carbocycles. The lowest BCUT2D eigenvalue weighted by molar-refractivity contribution is 0.0731. The number of carbonyl (C=O) groups is 2. The molecule has 0 spiro atoms. The Kier molecular flexibility index (Phi) is 4.16. The first kappa shape index (κ1) is 16.9. The Morgan fingerprint density at radius 1 is 1.41 bits per heavy atom. The number of H-pyrrole nitrogens is 1. The molecule has 2 aromatic heterocycles. The normalized spacial score (nSPS) is 14.4. The molecule has 3 aromatic rings. The summed E-state index contributed by atoms with van der Waals surface area (Å²) in [4.78, 5) is 27.1. The van der Waals surface area contributed by atoms with Gasteiger partial charge in [-0.1, -0.05) is 5.92 Å². The Morgan fingerprint density at radius 2 is 2.26 bits per heavy atom. The van der Waals surface area contributed by atoms with Crippen molar-refractivity contribution >= 4 is 22.8 Å². The van der Waals surface area contributed by atoms with Crippen LogP contribution in [0.2, 0.25) is 0 Å². The van der Waals surface area contributed by atoms with Crippen LogP contribution in [0.1, 0.15) is 39.0 Å². The molecule has 0 fully saturated rings. The number of hydrogen-bond donors (Lipinski definition) is 2. The Balaban J connectivity index is 1.57. The molecule has 2 amide bonds. The lowest BCUT2D eigenvalue weighted by Crippen LogP contribution is -2.37. The average molecular weight is 362 g/mol. The minimum Gasteiger partial charge on any atom is -0.464 e. The number of rotatable bonds is 3. The summed E-state index contributed by atoms with van der Waals surface area (Å²) in [5.74, 6) is 2.03. The number of aromatic amines is 1. The fraction of sp³-hybridized carbons (Fsp3) is 0.250. The minimum absolute atomic E-state index is 0.0895. The van der Waals surface area contributed by atoms with E-state index in [9.17, 15) is 9.59 Å². The van der Waals surface area contributed by atoms with Crippen molar-refractivity contribution in [3.05, 3.63) is 53.0 Å². The molecule has 4 rings (SSSR count). The zero-order valence-corrected chi connectivity index (χ0v) is 14.8. The van der Waals surface area contributed by atoms with Gasteiger partial charge < -0.3 is 14.6 Å². The quantitative estimate of drug-likeness (QED) is 0.698. The summed E-state index contributed by atoms with van der Waals surface area (Å²) in [5, 5.41) is 10.6. The van der Waals surface area contributed by atoms with E-state index in [0.717, 1.165) is 22.2 Å². The highest BCUT2D eigenvalue weighted by atomic mass is 16.3. The van der Waals surface area contributed by atoms with Crippen LogP contribution in [0.25, 0.3) is 11.0 Å². The number of carbonyl (C=O) groups excluding carboxylic acids is 2. The molecule has 1 aliphatic heterocycles. The van der Waals surface area contributed by atoms with E-state index in [-0.39, 0.29) is 17.5 Å². The molecular formula is C20H18N4O3. The largest absolute Gasteiger partial charge is 0.464 e. The van der Waals surface area contributed by atoms with Crippen LogP contribution in [0.15, 0.2) is 34.9 Å². The third-order valence-electron chi connectivity index (χ3n) is 4.73. The molecule has 0 saturated heterocycles. The molecule has 1 unspecified atom stereocenters. The molecule has 0 radical (unpaired) electrons. The predicted molar refractivity (Wildman–Crippen MR) is 99.0 cm³/mol. The zero-order valence-electron chi connectivity index (χ0n) is 14.8. The maximum Gasteiger partial charge on any atom is 0.273 e. The van der Waals surface area contributed by atoms with Crippen molar-refractivity contribution in [1.82, 2.24) is 20.4 Å². The summed E-state index contributed by atoms with van der Waals surface area (Å²) >= 11 is 0. The first-order chi connectivity index (χ1) is 13.1. The second kappa shape index (κ2) is 6.65. The van der Waals surface area contributed by atoms with Crippen LogP contribution < -0.4 is 5.32 Å². The molecule has 7 heteroatoms. The van der Waals surface area contributed by atoms with Gasteiger partial charge in [0.15, 0.2) is 5.69 Å². The Morgan fingerprint density at radius 3 is 3.07 bits per heavy atom. The second-order valence-corrected chi connectivity index (χ2v) is 6.54. The number of terminal acetylenes is 1. The van der Waals surface area contributed by atoms with E-state index in [0.29, 0.717) is 25.1 Å². The van der Waals surface area contributed by atoms with Crippen molar-refractivity contribution in [2.24, 2.45) is 0 Å². The molecule has 0 saturated carbocycles. The highest BCUT2D eigenvalue weighted by Crippen LogP contribution is 2.24. The standard InChI is InChI=1S/C20H18N4O3/c1-3-12(2)21-19(25)18-15-11-24(8-6-16(15)22-23-18)20(26)14-4-5-17-13(10-14)7-9-27-17/h1,4-5,7,9-10,12H,6,8,11H2,2H3,(H,21,25)(H,22,23). The number of nitrogens with zero attached hydrogens (tertiary/aromatic N) is 2. The van der Waals surface area contributed by atoms with E-state index in [2.05, 4.69) is 21.4 Å². The Bertz CT molecular complexity index is 1070. The van der Waals surface area contributed by atoms with Crippen LogP contribution in [0.3, 0.4) is 0 Å². The van der Waals surface area contributed by atoms with Gasteiger partial charge in [-0.05, 0) is 31.2 Å². The van der Waals surface area contributed by atoms with Crippen molar-refractivity contribution in [3.8, 4) is 12.3 Å². The predicted octanol–water partition coefficient (Wildman–Crippen LogP) is 2.11. The van der Waals surface area contributed by atoms with E-state index in [1.807, 2.05) is 12.1 Å². The van der Waals surface area contributed by atoms with E-state index in [1.54, 1.807) is 30.2 Å². The van der Waals surface area contributed by atoms with Gasteiger partial charge in [-0.15, -0.1) is 6.42 Å². The molecule has 2 N–H and O–H groups in total. The maximum atomic E-state index is 12.9. The SMILES string of the molecule is C#CC(C)NC(=O)c1n[nH]c2c1CN(C(=O)c1ccc3occc3c1)CC2. The Labute approximate surface area is 155 Å². The number of nitrogens with one attached hydrogen (secondary N) is 2. The molecule has 0 bridgehead atoms. The second-order valence-electron chi connectivity index (χ2n) is 6.54. The highest BCUT2D eigenvalue weighted by molar-refractivity contribution is 5.98. The zero-order chi connectivity index (χ0) is 19.0. The van der Waals surface area contributed by atoms with Crippen LogP contribution in [0, 0.1) is 12.3 Å². The molecule has 3 heterocycles. The van der Waals surface area contributed by atoms with Gasteiger partial charge in [-0.25, -0.2) is 0 Å². The molecule has 27 heavy (non-hydrogen) atoms. The molecule has 1 atom stereocenters. The first-order valence-corrected chi connectivity index (χ1v) is 8.66. The van der Waals surface area contributed by atoms with E-state index < -0.39 is 6.04 Å². The summed E-state index contributed by atoms with van der Waals surface area (Å²) < 4.78 is 5.32. The lowest BCUT2D eigenvalue weighted by Gasteiger charge is -2.27. The number of hydrogen-bond acceptors (Lipinski definition) is 4.